The third kappa shape index (κ3) is 5.37. The molecule has 0 unspecified atom stereocenters. The Morgan fingerprint density at radius 2 is 1.85 bits per heavy atom. The highest BCUT2D eigenvalue weighted by Crippen LogP contribution is 2.34. The smallest absolute Gasteiger partial charge is 0.234 e. The minimum absolute atomic E-state index is 0.153. The fraction of sp³-hybridized carbons (Fsp3) is 0.208. The molecule has 1 amide bonds. The molecule has 0 aliphatic carbocycles. The van der Waals surface area contributed by atoms with Gasteiger partial charge in [-0.3, -0.25) is 9.36 Å². The van der Waals surface area contributed by atoms with E-state index in [1.807, 2.05) is 77.5 Å². The van der Waals surface area contributed by atoms with E-state index in [1.165, 1.54) is 11.8 Å². The lowest BCUT2D eigenvalue weighted by molar-refractivity contribution is -0.113. The molecule has 2 aromatic carbocycles. The van der Waals surface area contributed by atoms with Crippen molar-refractivity contribution >= 4 is 34.7 Å². The summed E-state index contributed by atoms with van der Waals surface area (Å²) in [5, 5.41) is 14.3. The minimum atomic E-state index is -0.153. The molecule has 0 radical (unpaired) electrons. The number of hydrogen-bond donors (Lipinski definition) is 1. The molecule has 4 aromatic rings. The molecule has 0 aliphatic heterocycles. The topological polar surface area (TPSA) is 78.3 Å². The van der Waals surface area contributed by atoms with E-state index in [-0.39, 0.29) is 11.7 Å². The van der Waals surface area contributed by atoms with Gasteiger partial charge in [0.2, 0.25) is 5.91 Å². The molecule has 0 bridgehead atoms. The highest BCUT2D eigenvalue weighted by atomic mass is 32.2. The summed E-state index contributed by atoms with van der Waals surface area (Å²) in [4.78, 5) is 13.7. The van der Waals surface area contributed by atoms with E-state index >= 15 is 0 Å². The fourth-order valence-electron chi connectivity index (χ4n) is 3.18. The quantitative estimate of drug-likeness (QED) is 0.301. The van der Waals surface area contributed by atoms with Gasteiger partial charge in [0.25, 0.3) is 0 Å². The molecule has 33 heavy (non-hydrogen) atoms. The number of thiophene rings is 1. The monoisotopic (exact) mass is 480 g/mol. The number of aromatic nitrogens is 3. The van der Waals surface area contributed by atoms with Gasteiger partial charge in [0.1, 0.15) is 11.5 Å². The Kier molecular flexibility index (Phi) is 7.64. The largest absolute Gasteiger partial charge is 0.495 e. The zero-order valence-corrected chi connectivity index (χ0v) is 20.0. The van der Waals surface area contributed by atoms with Crippen LogP contribution in [0.2, 0.25) is 0 Å². The van der Waals surface area contributed by atoms with Gasteiger partial charge in [0.05, 0.1) is 35.7 Å². The van der Waals surface area contributed by atoms with Crippen molar-refractivity contribution in [3.05, 3.63) is 66.0 Å². The fourth-order valence-corrected chi connectivity index (χ4v) is 4.63. The second-order valence-electron chi connectivity index (χ2n) is 6.97. The number of amides is 1. The van der Waals surface area contributed by atoms with E-state index in [1.54, 1.807) is 18.4 Å². The summed E-state index contributed by atoms with van der Waals surface area (Å²) in [6, 6.07) is 19.1. The van der Waals surface area contributed by atoms with Gasteiger partial charge in [-0.25, -0.2) is 0 Å². The Hall–Kier alpha value is -3.30. The van der Waals surface area contributed by atoms with E-state index < -0.39 is 0 Å². The van der Waals surface area contributed by atoms with Crippen LogP contribution in [0.4, 0.5) is 5.69 Å². The lowest BCUT2D eigenvalue weighted by Gasteiger charge is -2.14. The number of rotatable bonds is 10. The van der Waals surface area contributed by atoms with Crippen molar-refractivity contribution in [3.8, 4) is 27.9 Å². The zero-order chi connectivity index (χ0) is 23.0. The molecule has 0 fully saturated rings. The van der Waals surface area contributed by atoms with Crippen molar-refractivity contribution in [1.82, 2.24) is 14.8 Å². The number of hydrogen-bond acceptors (Lipinski definition) is 7. The van der Waals surface area contributed by atoms with Gasteiger partial charge in [0, 0.05) is 0 Å². The van der Waals surface area contributed by atoms with Crippen molar-refractivity contribution in [3.63, 3.8) is 0 Å². The van der Waals surface area contributed by atoms with Crippen LogP contribution in [0.1, 0.15) is 13.3 Å². The number of thioether (sulfide) groups is 1. The maximum absolute atomic E-state index is 12.8. The number of nitrogens with zero attached hydrogens (tertiary/aromatic N) is 3. The summed E-state index contributed by atoms with van der Waals surface area (Å²) < 4.78 is 13.2. The van der Waals surface area contributed by atoms with Crippen LogP contribution < -0.4 is 14.8 Å². The van der Waals surface area contributed by atoms with Crippen LogP contribution in [0.15, 0.2) is 71.2 Å². The molecular weight excluding hydrogens is 456 g/mol. The molecule has 2 heterocycles. The van der Waals surface area contributed by atoms with Crippen LogP contribution in [-0.2, 0) is 4.79 Å². The second kappa shape index (κ2) is 11.0. The number of carbonyl (C=O) groups excluding carboxylic acids is 1. The van der Waals surface area contributed by atoms with Crippen molar-refractivity contribution in [2.24, 2.45) is 0 Å². The first-order chi connectivity index (χ1) is 16.2. The average Bonchev–Trinajstić information content (AvgIpc) is 3.52. The molecule has 2 aromatic heterocycles. The molecule has 0 saturated carbocycles. The number of ether oxygens (including phenoxy) is 2. The van der Waals surface area contributed by atoms with E-state index in [9.17, 15) is 4.79 Å². The first-order valence-corrected chi connectivity index (χ1v) is 12.3. The van der Waals surface area contributed by atoms with Gasteiger partial charge in [-0.05, 0) is 42.1 Å². The van der Waals surface area contributed by atoms with E-state index in [0.717, 1.165) is 17.0 Å². The summed E-state index contributed by atoms with van der Waals surface area (Å²) in [6.07, 6.45) is 0.892. The van der Waals surface area contributed by atoms with Crippen LogP contribution >= 0.6 is 23.1 Å². The molecule has 7 nitrogen and oxygen atoms in total. The maximum Gasteiger partial charge on any atom is 0.234 e. The number of benzene rings is 2. The van der Waals surface area contributed by atoms with Crippen molar-refractivity contribution in [1.29, 1.82) is 0 Å². The molecule has 0 saturated heterocycles. The normalized spacial score (nSPS) is 10.7. The Labute approximate surface area is 200 Å². The Morgan fingerprint density at radius 3 is 2.61 bits per heavy atom. The van der Waals surface area contributed by atoms with Crippen LogP contribution in [0.5, 0.6) is 11.5 Å². The minimum Gasteiger partial charge on any atom is -0.495 e. The van der Waals surface area contributed by atoms with Gasteiger partial charge >= 0.3 is 0 Å². The van der Waals surface area contributed by atoms with E-state index in [0.29, 0.717) is 34.8 Å². The van der Waals surface area contributed by atoms with E-state index in [2.05, 4.69) is 15.5 Å². The van der Waals surface area contributed by atoms with Crippen molar-refractivity contribution in [2.75, 3.05) is 24.8 Å². The molecule has 0 spiro atoms. The molecule has 1 N–H and O–H groups in total. The van der Waals surface area contributed by atoms with Crippen molar-refractivity contribution in [2.45, 2.75) is 18.5 Å². The van der Waals surface area contributed by atoms with Crippen LogP contribution in [-0.4, -0.2) is 40.1 Å². The van der Waals surface area contributed by atoms with Gasteiger partial charge in [-0.2, -0.15) is 0 Å². The van der Waals surface area contributed by atoms with E-state index in [4.69, 9.17) is 9.47 Å². The third-order valence-electron chi connectivity index (χ3n) is 4.66. The van der Waals surface area contributed by atoms with Crippen LogP contribution in [0.25, 0.3) is 16.4 Å². The standard InChI is InChI=1S/C24H24N4O3S2/c1-3-14-31-19-11-6-4-9-17(19)25-22(29)16-33-24-27-26-23(21-13-8-15-32-21)28(24)18-10-5-7-12-20(18)30-2/h4-13,15H,3,14,16H2,1-2H3,(H,25,29). The summed E-state index contributed by atoms with van der Waals surface area (Å²) >= 11 is 2.90. The highest BCUT2D eigenvalue weighted by Gasteiger charge is 2.20. The number of anilines is 1. The van der Waals surface area contributed by atoms with Gasteiger partial charge < -0.3 is 14.8 Å². The first-order valence-electron chi connectivity index (χ1n) is 10.5. The Balaban J connectivity index is 1.56. The summed E-state index contributed by atoms with van der Waals surface area (Å²) in [7, 11) is 1.63. The molecule has 9 heteroatoms. The average molecular weight is 481 g/mol. The summed E-state index contributed by atoms with van der Waals surface area (Å²) in [5.41, 5.74) is 1.47. The number of para-hydroxylation sites is 4. The van der Waals surface area contributed by atoms with Gasteiger partial charge in [0.15, 0.2) is 11.0 Å². The van der Waals surface area contributed by atoms with Crippen LogP contribution in [0, 0.1) is 0 Å². The molecular formula is C24H24N4O3S2. The van der Waals surface area contributed by atoms with Gasteiger partial charge in [-0.1, -0.05) is 49.0 Å². The number of carbonyl (C=O) groups is 1. The SMILES string of the molecule is CCCOc1ccccc1NC(=O)CSc1nnc(-c2cccs2)n1-c1ccccc1OC. The molecule has 4 rings (SSSR count). The second-order valence-corrected chi connectivity index (χ2v) is 8.86. The predicted molar refractivity (Wildman–Crippen MR) is 133 cm³/mol. The lowest BCUT2D eigenvalue weighted by Crippen LogP contribution is -2.15. The Bertz CT molecular complexity index is 1210. The first kappa shape index (κ1) is 22.9. The number of methoxy groups -OCH3 is 1. The van der Waals surface area contributed by atoms with Crippen molar-refractivity contribution < 1.29 is 14.3 Å². The summed E-state index contributed by atoms with van der Waals surface area (Å²) in [5.74, 6) is 2.08. The number of nitrogens with one attached hydrogen (secondary N) is 1. The molecule has 0 aliphatic rings. The van der Waals surface area contributed by atoms with Gasteiger partial charge in [-0.15, -0.1) is 21.5 Å². The Morgan fingerprint density at radius 1 is 1.06 bits per heavy atom. The predicted octanol–water partition coefficient (Wildman–Crippen LogP) is 5.52. The lowest BCUT2D eigenvalue weighted by atomic mass is 10.3. The highest BCUT2D eigenvalue weighted by molar-refractivity contribution is 7.99. The molecule has 0 atom stereocenters. The molecule has 170 valence electrons. The maximum atomic E-state index is 12.8. The third-order valence-corrected chi connectivity index (χ3v) is 6.45. The zero-order valence-electron chi connectivity index (χ0n) is 18.4. The summed E-state index contributed by atoms with van der Waals surface area (Å²) in [6.45, 7) is 2.63. The van der Waals surface area contributed by atoms with Crippen LogP contribution in [0.3, 0.4) is 0 Å².